The predicted molar refractivity (Wildman–Crippen MR) is 85.9 cm³/mol. The second-order valence-corrected chi connectivity index (χ2v) is 5.41. The third-order valence-corrected chi connectivity index (χ3v) is 3.92. The van der Waals surface area contributed by atoms with Crippen molar-refractivity contribution in [3.05, 3.63) is 45.6 Å². The van der Waals surface area contributed by atoms with Crippen LogP contribution in [0.5, 0.6) is 5.75 Å². The Morgan fingerprint density at radius 2 is 2.08 bits per heavy atom. The number of rotatable bonds is 2. The smallest absolute Gasteiger partial charge is 0.274 e. The van der Waals surface area contributed by atoms with Gasteiger partial charge in [-0.25, -0.2) is 4.39 Å². The SMILES string of the molecule is C#CCN1C(=O)COc2cc(F)c(-n3ncc(C)c(C)c3=O)cc21. The van der Waals surface area contributed by atoms with Gasteiger partial charge < -0.3 is 4.74 Å². The lowest BCUT2D eigenvalue weighted by Gasteiger charge is -2.28. The molecule has 0 bridgehead atoms. The Hall–Kier alpha value is -3.14. The van der Waals surface area contributed by atoms with Gasteiger partial charge in [-0.3, -0.25) is 14.5 Å². The number of fused-ring (bicyclic) bond motifs is 1. The maximum atomic E-state index is 14.5. The molecule has 24 heavy (non-hydrogen) atoms. The van der Waals surface area contributed by atoms with E-state index in [1.165, 1.54) is 17.2 Å². The van der Waals surface area contributed by atoms with Gasteiger partial charge in [0.1, 0.15) is 11.4 Å². The standard InChI is InChI=1S/C17H14FN3O3/c1-4-5-20-14-7-13(12(18)6-15(14)24-9-16(20)22)21-17(23)11(3)10(2)8-19-21/h1,6-8H,5,9H2,2-3H3. The molecule has 2 heterocycles. The normalized spacial score (nSPS) is 13.2. The summed E-state index contributed by atoms with van der Waals surface area (Å²) in [6.07, 6.45) is 6.77. The average molecular weight is 327 g/mol. The summed E-state index contributed by atoms with van der Waals surface area (Å²) >= 11 is 0. The van der Waals surface area contributed by atoms with Crippen LogP contribution in [0.25, 0.3) is 5.69 Å². The highest BCUT2D eigenvalue weighted by Crippen LogP contribution is 2.35. The third-order valence-electron chi connectivity index (χ3n) is 3.92. The maximum Gasteiger partial charge on any atom is 0.274 e. The number of anilines is 1. The molecule has 0 spiro atoms. The van der Waals surface area contributed by atoms with E-state index < -0.39 is 11.4 Å². The minimum atomic E-state index is -0.679. The van der Waals surface area contributed by atoms with Crippen molar-refractivity contribution in [1.82, 2.24) is 9.78 Å². The van der Waals surface area contributed by atoms with Crippen molar-refractivity contribution in [1.29, 1.82) is 0 Å². The summed E-state index contributed by atoms with van der Waals surface area (Å²) < 4.78 is 20.7. The van der Waals surface area contributed by atoms with Crippen molar-refractivity contribution in [2.24, 2.45) is 0 Å². The highest BCUT2D eigenvalue weighted by molar-refractivity contribution is 5.98. The number of hydrogen-bond acceptors (Lipinski definition) is 4. The molecular formula is C17H14FN3O3. The Bertz CT molecular complexity index is 943. The zero-order valence-electron chi connectivity index (χ0n) is 13.2. The van der Waals surface area contributed by atoms with Crippen LogP contribution in [-0.4, -0.2) is 28.8 Å². The predicted octanol–water partition coefficient (Wildman–Crippen LogP) is 1.35. The van der Waals surface area contributed by atoms with Gasteiger partial charge in [-0.1, -0.05) is 5.92 Å². The first-order valence-corrected chi connectivity index (χ1v) is 7.20. The van der Waals surface area contributed by atoms with Crippen molar-refractivity contribution in [2.75, 3.05) is 18.1 Å². The molecule has 0 aliphatic carbocycles. The number of amides is 1. The number of carbonyl (C=O) groups is 1. The number of aromatic nitrogens is 2. The molecule has 0 fully saturated rings. The lowest BCUT2D eigenvalue weighted by atomic mass is 10.2. The molecule has 122 valence electrons. The molecule has 6 nitrogen and oxygen atoms in total. The van der Waals surface area contributed by atoms with Gasteiger partial charge in [-0.2, -0.15) is 9.78 Å². The molecule has 1 aliphatic heterocycles. The number of terminal acetylenes is 1. The van der Waals surface area contributed by atoms with Crippen molar-refractivity contribution in [2.45, 2.75) is 13.8 Å². The van der Waals surface area contributed by atoms with Gasteiger partial charge in [-0.05, 0) is 25.5 Å². The Morgan fingerprint density at radius 1 is 1.33 bits per heavy atom. The Morgan fingerprint density at radius 3 is 2.79 bits per heavy atom. The summed E-state index contributed by atoms with van der Waals surface area (Å²) in [6, 6.07) is 2.48. The van der Waals surface area contributed by atoms with Gasteiger partial charge in [0.2, 0.25) is 0 Å². The van der Waals surface area contributed by atoms with E-state index in [9.17, 15) is 14.0 Å². The first-order chi connectivity index (χ1) is 11.4. The molecule has 3 rings (SSSR count). The number of benzene rings is 1. The molecule has 2 aromatic rings. The van der Waals surface area contributed by atoms with Crippen LogP contribution in [-0.2, 0) is 4.79 Å². The lowest BCUT2D eigenvalue weighted by Crippen LogP contribution is -2.39. The summed E-state index contributed by atoms with van der Waals surface area (Å²) in [5.74, 6) is 1.57. The van der Waals surface area contributed by atoms with E-state index in [1.807, 2.05) is 0 Å². The van der Waals surface area contributed by atoms with Crippen LogP contribution in [0.3, 0.4) is 0 Å². The minimum absolute atomic E-state index is 0.0233. The first kappa shape index (κ1) is 15.7. The zero-order valence-corrected chi connectivity index (χ0v) is 13.2. The molecule has 1 aromatic carbocycles. The van der Waals surface area contributed by atoms with Crippen LogP contribution >= 0.6 is 0 Å². The number of carbonyl (C=O) groups excluding carboxylic acids is 1. The van der Waals surface area contributed by atoms with Crippen molar-refractivity contribution in [3.63, 3.8) is 0 Å². The highest BCUT2D eigenvalue weighted by Gasteiger charge is 2.27. The number of ether oxygens (including phenoxy) is 1. The molecule has 0 saturated carbocycles. The van der Waals surface area contributed by atoms with Crippen molar-refractivity contribution in [3.8, 4) is 23.8 Å². The van der Waals surface area contributed by atoms with Gasteiger partial charge >= 0.3 is 0 Å². The van der Waals surface area contributed by atoms with Crippen LogP contribution in [0.2, 0.25) is 0 Å². The summed E-state index contributed by atoms with van der Waals surface area (Å²) in [4.78, 5) is 25.7. The van der Waals surface area contributed by atoms with E-state index in [2.05, 4.69) is 11.0 Å². The molecule has 1 aliphatic rings. The van der Waals surface area contributed by atoms with E-state index in [4.69, 9.17) is 11.2 Å². The van der Waals surface area contributed by atoms with Gasteiger partial charge in [0.05, 0.1) is 18.4 Å². The quantitative estimate of drug-likeness (QED) is 0.781. The van der Waals surface area contributed by atoms with E-state index in [0.29, 0.717) is 16.8 Å². The van der Waals surface area contributed by atoms with E-state index in [-0.39, 0.29) is 30.5 Å². The molecule has 0 N–H and O–H groups in total. The number of aryl methyl sites for hydroxylation is 1. The lowest BCUT2D eigenvalue weighted by molar-refractivity contribution is -0.121. The van der Waals surface area contributed by atoms with Gasteiger partial charge in [-0.15, -0.1) is 6.42 Å². The number of halogens is 1. The van der Waals surface area contributed by atoms with E-state index >= 15 is 0 Å². The summed E-state index contributed by atoms with van der Waals surface area (Å²) in [5, 5.41) is 3.99. The minimum Gasteiger partial charge on any atom is -0.481 e. The zero-order chi connectivity index (χ0) is 17.4. The number of nitrogens with zero attached hydrogens (tertiary/aromatic N) is 3. The van der Waals surface area contributed by atoms with Crippen LogP contribution in [0.1, 0.15) is 11.1 Å². The van der Waals surface area contributed by atoms with E-state index in [1.54, 1.807) is 13.8 Å². The van der Waals surface area contributed by atoms with Gasteiger partial charge in [0, 0.05) is 11.6 Å². The fourth-order valence-corrected chi connectivity index (χ4v) is 2.43. The largest absolute Gasteiger partial charge is 0.481 e. The first-order valence-electron chi connectivity index (χ1n) is 7.20. The molecule has 0 radical (unpaired) electrons. The second-order valence-electron chi connectivity index (χ2n) is 5.41. The van der Waals surface area contributed by atoms with Crippen LogP contribution in [0.15, 0.2) is 23.1 Å². The Balaban J connectivity index is 2.22. The molecule has 1 amide bonds. The molecule has 0 atom stereocenters. The summed E-state index contributed by atoms with van der Waals surface area (Å²) in [6.45, 7) is 3.20. The monoisotopic (exact) mass is 327 g/mol. The average Bonchev–Trinajstić information content (AvgIpc) is 2.56. The third kappa shape index (κ3) is 2.42. The van der Waals surface area contributed by atoms with E-state index in [0.717, 1.165) is 10.7 Å². The fraction of sp³-hybridized carbons (Fsp3) is 0.235. The highest BCUT2D eigenvalue weighted by atomic mass is 19.1. The van der Waals surface area contributed by atoms with Crippen LogP contribution in [0, 0.1) is 32.0 Å². The summed E-state index contributed by atoms with van der Waals surface area (Å²) in [5.41, 5.74) is 0.993. The maximum absolute atomic E-state index is 14.5. The second kappa shape index (κ2) is 5.81. The molecule has 0 saturated heterocycles. The van der Waals surface area contributed by atoms with Gasteiger partial charge in [0.15, 0.2) is 12.4 Å². The molecule has 7 heteroatoms. The Kier molecular flexibility index (Phi) is 3.81. The Labute approximate surface area is 137 Å². The number of hydrogen-bond donors (Lipinski definition) is 0. The topological polar surface area (TPSA) is 64.4 Å². The van der Waals surface area contributed by atoms with Crippen molar-refractivity contribution < 1.29 is 13.9 Å². The van der Waals surface area contributed by atoms with Gasteiger partial charge in [0.25, 0.3) is 11.5 Å². The fourth-order valence-electron chi connectivity index (χ4n) is 2.43. The van der Waals surface area contributed by atoms with Crippen molar-refractivity contribution >= 4 is 11.6 Å². The molecule has 1 aromatic heterocycles. The van der Waals surface area contributed by atoms with Crippen LogP contribution in [0.4, 0.5) is 10.1 Å². The summed E-state index contributed by atoms with van der Waals surface area (Å²) in [7, 11) is 0. The molecular weight excluding hydrogens is 313 g/mol. The van der Waals surface area contributed by atoms with Crippen LogP contribution < -0.4 is 15.2 Å². The molecule has 0 unspecified atom stereocenters.